The van der Waals surface area contributed by atoms with Gasteiger partial charge in [-0.05, 0) is 17.7 Å². The zero-order chi connectivity index (χ0) is 8.23. The van der Waals surface area contributed by atoms with E-state index in [0.717, 1.165) is 12.1 Å². The molecular formula is C11H10N. The van der Waals surface area contributed by atoms with Crippen LogP contribution in [0.1, 0.15) is 5.56 Å². The Morgan fingerprint density at radius 3 is 2.58 bits per heavy atom. The summed E-state index contributed by atoms with van der Waals surface area (Å²) < 4.78 is 0. The second-order valence-corrected chi connectivity index (χ2v) is 2.79. The minimum atomic E-state index is 0.938. The number of hydrogen-bond acceptors (Lipinski definition) is 0. The first-order valence-electron chi connectivity index (χ1n) is 4.05. The molecule has 1 aliphatic rings. The van der Waals surface area contributed by atoms with Crippen LogP contribution in [-0.2, 0) is 6.42 Å². The van der Waals surface area contributed by atoms with Gasteiger partial charge in [0.15, 0.2) is 0 Å². The van der Waals surface area contributed by atoms with Gasteiger partial charge in [-0.1, -0.05) is 30.3 Å². The number of allylic oxidation sites excluding steroid dienone is 3. The number of benzene rings is 1. The Morgan fingerprint density at radius 2 is 1.92 bits per heavy atom. The van der Waals surface area contributed by atoms with Gasteiger partial charge in [0.05, 0.1) is 0 Å². The smallest absolute Gasteiger partial charge is 0.0447 e. The van der Waals surface area contributed by atoms with Crippen LogP contribution < -0.4 is 5.32 Å². The lowest BCUT2D eigenvalue weighted by atomic mass is 10.1. The molecule has 12 heavy (non-hydrogen) atoms. The molecule has 1 heterocycles. The molecule has 0 amide bonds. The zero-order valence-electron chi connectivity index (χ0n) is 6.77. The third-order valence-electron chi connectivity index (χ3n) is 1.84. The number of rotatable bonds is 2. The normalized spacial score (nSPS) is 14.2. The maximum atomic E-state index is 4.21. The molecule has 0 unspecified atom stereocenters. The van der Waals surface area contributed by atoms with Gasteiger partial charge in [0, 0.05) is 18.3 Å². The molecule has 1 aromatic rings. The van der Waals surface area contributed by atoms with Crippen LogP contribution in [0.3, 0.4) is 0 Å². The second-order valence-electron chi connectivity index (χ2n) is 2.79. The second kappa shape index (κ2) is 3.26. The van der Waals surface area contributed by atoms with Crippen LogP contribution in [0.15, 0.2) is 54.4 Å². The van der Waals surface area contributed by atoms with Crippen molar-refractivity contribution in [3.8, 4) is 0 Å². The lowest BCUT2D eigenvalue weighted by molar-refractivity contribution is 0.978. The molecular weight excluding hydrogens is 146 g/mol. The SMILES string of the molecule is C1=C[N]C(Cc2ccccc2)=C1. The summed E-state index contributed by atoms with van der Waals surface area (Å²) in [5, 5.41) is 4.21. The predicted octanol–water partition coefficient (Wildman–Crippen LogP) is 2.24. The van der Waals surface area contributed by atoms with E-state index in [0.29, 0.717) is 0 Å². The van der Waals surface area contributed by atoms with Crippen LogP contribution in [0.25, 0.3) is 0 Å². The summed E-state index contributed by atoms with van der Waals surface area (Å²) in [5.41, 5.74) is 2.46. The van der Waals surface area contributed by atoms with E-state index in [1.807, 2.05) is 24.4 Å². The van der Waals surface area contributed by atoms with Crippen molar-refractivity contribution in [1.29, 1.82) is 0 Å². The predicted molar refractivity (Wildman–Crippen MR) is 49.5 cm³/mol. The first-order chi connectivity index (χ1) is 5.95. The van der Waals surface area contributed by atoms with Crippen LogP contribution >= 0.6 is 0 Å². The molecule has 0 fully saturated rings. The third-order valence-corrected chi connectivity index (χ3v) is 1.84. The first kappa shape index (κ1) is 7.17. The Kier molecular flexibility index (Phi) is 1.95. The third kappa shape index (κ3) is 1.56. The van der Waals surface area contributed by atoms with Crippen molar-refractivity contribution in [3.63, 3.8) is 0 Å². The van der Waals surface area contributed by atoms with E-state index < -0.39 is 0 Å². The molecule has 0 atom stereocenters. The molecule has 0 bridgehead atoms. The molecule has 0 saturated heterocycles. The maximum absolute atomic E-state index is 4.21. The molecule has 0 N–H and O–H groups in total. The molecule has 0 spiro atoms. The van der Waals surface area contributed by atoms with Gasteiger partial charge in [0.2, 0.25) is 0 Å². The van der Waals surface area contributed by atoms with E-state index in [1.54, 1.807) is 0 Å². The van der Waals surface area contributed by atoms with Gasteiger partial charge in [0.1, 0.15) is 0 Å². The summed E-state index contributed by atoms with van der Waals surface area (Å²) in [7, 11) is 0. The van der Waals surface area contributed by atoms with Gasteiger partial charge in [-0.2, -0.15) is 0 Å². The average molecular weight is 156 g/mol. The molecule has 1 aliphatic heterocycles. The monoisotopic (exact) mass is 156 g/mol. The Morgan fingerprint density at radius 1 is 1.08 bits per heavy atom. The molecule has 2 rings (SSSR count). The molecule has 1 nitrogen and oxygen atoms in total. The van der Waals surface area contributed by atoms with E-state index in [-0.39, 0.29) is 0 Å². The standard InChI is InChI=1S/C11H10N/c1-2-5-10(6-3-1)9-11-7-4-8-12-11/h1-8H,9H2. The largest absolute Gasteiger partial charge is 0.261 e. The highest BCUT2D eigenvalue weighted by atomic mass is 14.9. The highest BCUT2D eigenvalue weighted by Gasteiger charge is 2.00. The van der Waals surface area contributed by atoms with Crippen molar-refractivity contribution in [1.82, 2.24) is 5.32 Å². The average Bonchev–Trinajstić information content (AvgIpc) is 2.59. The minimum Gasteiger partial charge on any atom is -0.261 e. The first-order valence-corrected chi connectivity index (χ1v) is 4.05. The van der Waals surface area contributed by atoms with Crippen molar-refractivity contribution in [2.45, 2.75) is 6.42 Å². The lowest BCUT2D eigenvalue weighted by Crippen LogP contribution is -1.96. The fourth-order valence-electron chi connectivity index (χ4n) is 1.25. The molecule has 0 aromatic heterocycles. The molecule has 1 heteroatoms. The Balaban J connectivity index is 2.05. The van der Waals surface area contributed by atoms with Gasteiger partial charge in [-0.3, -0.25) is 5.32 Å². The van der Waals surface area contributed by atoms with Crippen LogP contribution in [-0.4, -0.2) is 0 Å². The highest BCUT2D eigenvalue weighted by Crippen LogP contribution is 2.09. The Labute approximate surface area is 72.4 Å². The van der Waals surface area contributed by atoms with Gasteiger partial charge < -0.3 is 0 Å². The molecule has 1 aromatic carbocycles. The van der Waals surface area contributed by atoms with Crippen LogP contribution in [0.4, 0.5) is 0 Å². The van der Waals surface area contributed by atoms with Gasteiger partial charge in [-0.15, -0.1) is 0 Å². The fraction of sp³-hybridized carbons (Fsp3) is 0.0909. The number of nitrogens with zero attached hydrogens (tertiary/aromatic N) is 1. The Bertz CT molecular complexity index is 309. The summed E-state index contributed by atoms with van der Waals surface area (Å²) in [5.74, 6) is 0. The zero-order valence-corrected chi connectivity index (χ0v) is 6.77. The quantitative estimate of drug-likeness (QED) is 0.623. The van der Waals surface area contributed by atoms with Crippen molar-refractivity contribution in [2.75, 3.05) is 0 Å². The van der Waals surface area contributed by atoms with E-state index in [4.69, 9.17) is 0 Å². The summed E-state index contributed by atoms with van der Waals surface area (Å²) in [4.78, 5) is 0. The summed E-state index contributed by atoms with van der Waals surface area (Å²) in [6, 6.07) is 10.4. The van der Waals surface area contributed by atoms with Crippen molar-refractivity contribution >= 4 is 0 Å². The topological polar surface area (TPSA) is 14.1 Å². The fourth-order valence-corrected chi connectivity index (χ4v) is 1.25. The summed E-state index contributed by atoms with van der Waals surface area (Å²) in [6.45, 7) is 0. The lowest BCUT2D eigenvalue weighted by Gasteiger charge is -2.00. The molecule has 59 valence electrons. The minimum absolute atomic E-state index is 0.938. The molecule has 0 saturated carbocycles. The summed E-state index contributed by atoms with van der Waals surface area (Å²) >= 11 is 0. The molecule has 1 radical (unpaired) electrons. The Hall–Kier alpha value is -1.50. The van der Waals surface area contributed by atoms with E-state index in [9.17, 15) is 0 Å². The highest BCUT2D eigenvalue weighted by molar-refractivity contribution is 5.27. The van der Waals surface area contributed by atoms with Gasteiger partial charge in [0.25, 0.3) is 0 Å². The van der Waals surface area contributed by atoms with Crippen LogP contribution in [0.5, 0.6) is 0 Å². The summed E-state index contributed by atoms with van der Waals surface area (Å²) in [6.07, 6.45) is 6.79. The van der Waals surface area contributed by atoms with Gasteiger partial charge >= 0.3 is 0 Å². The van der Waals surface area contributed by atoms with Crippen LogP contribution in [0, 0.1) is 0 Å². The van der Waals surface area contributed by atoms with E-state index in [2.05, 4.69) is 29.6 Å². The van der Waals surface area contributed by atoms with E-state index in [1.165, 1.54) is 5.56 Å². The molecule has 0 aliphatic carbocycles. The van der Waals surface area contributed by atoms with E-state index >= 15 is 0 Å². The maximum Gasteiger partial charge on any atom is 0.0447 e. The van der Waals surface area contributed by atoms with Crippen molar-refractivity contribution in [3.05, 3.63) is 59.9 Å². The van der Waals surface area contributed by atoms with Crippen molar-refractivity contribution in [2.24, 2.45) is 0 Å². The van der Waals surface area contributed by atoms with Gasteiger partial charge in [-0.25, -0.2) is 0 Å². The number of hydrogen-bond donors (Lipinski definition) is 0. The van der Waals surface area contributed by atoms with Crippen molar-refractivity contribution < 1.29 is 0 Å². The van der Waals surface area contributed by atoms with Crippen LogP contribution in [0.2, 0.25) is 0 Å².